The predicted molar refractivity (Wildman–Crippen MR) is 164 cm³/mol. The van der Waals surface area contributed by atoms with Crippen LogP contribution in [0.3, 0.4) is 0 Å². The van der Waals surface area contributed by atoms with Crippen LogP contribution in [0.1, 0.15) is 50.7 Å². The SMILES string of the molecule is CC(C)c1cccc(C(C)C)c1-n1ccnc1-c1[c-]c(-c2cccc(-c3ccc4ccccc4c3O)n2)ccc1.[Pt]. The molecular formula is C36H32N3OPt-. The van der Waals surface area contributed by atoms with Gasteiger partial charge in [0, 0.05) is 55.8 Å². The third-order valence-electron chi connectivity index (χ3n) is 7.46. The fourth-order valence-corrected chi connectivity index (χ4v) is 5.42. The van der Waals surface area contributed by atoms with Crippen LogP contribution in [0.2, 0.25) is 0 Å². The summed E-state index contributed by atoms with van der Waals surface area (Å²) in [4.78, 5) is 9.72. The molecule has 0 aliphatic carbocycles. The summed E-state index contributed by atoms with van der Waals surface area (Å²) < 4.78 is 2.21. The van der Waals surface area contributed by atoms with Crippen LogP contribution in [-0.2, 0) is 21.1 Å². The zero-order valence-electron chi connectivity index (χ0n) is 23.6. The molecule has 0 aliphatic heterocycles. The van der Waals surface area contributed by atoms with E-state index in [9.17, 15) is 5.11 Å². The molecule has 4 aromatic carbocycles. The molecular weight excluding hydrogens is 685 g/mol. The van der Waals surface area contributed by atoms with Crippen LogP contribution in [0.25, 0.3) is 50.4 Å². The number of nitrogens with zero attached hydrogens (tertiary/aromatic N) is 3. The second-order valence-electron chi connectivity index (χ2n) is 10.8. The third-order valence-corrected chi connectivity index (χ3v) is 7.46. The summed E-state index contributed by atoms with van der Waals surface area (Å²) in [7, 11) is 0. The molecule has 0 fully saturated rings. The number of hydrogen-bond acceptors (Lipinski definition) is 3. The number of imidazole rings is 1. The van der Waals surface area contributed by atoms with Crippen molar-refractivity contribution in [1.82, 2.24) is 14.5 Å². The van der Waals surface area contributed by atoms with Crippen molar-refractivity contribution in [3.05, 3.63) is 121 Å². The van der Waals surface area contributed by atoms with E-state index in [0.29, 0.717) is 23.1 Å². The average Bonchev–Trinajstić information content (AvgIpc) is 3.47. The fourth-order valence-electron chi connectivity index (χ4n) is 5.42. The first-order valence-electron chi connectivity index (χ1n) is 13.8. The zero-order chi connectivity index (χ0) is 27.8. The second-order valence-corrected chi connectivity index (χ2v) is 10.8. The standard InChI is InChI=1S/C36H32N3O.Pt/c1-23(2)28-14-8-15-29(24(3)4)34(28)39-21-20-37-36(39)27-12-7-11-26(22-27)32-16-9-17-33(38-32)31-19-18-25-10-5-6-13-30(25)35(31)40;/h5-21,23-24,40H,1-4H3;/q-1;. The molecule has 0 aliphatic rings. The summed E-state index contributed by atoms with van der Waals surface area (Å²) in [6, 6.07) is 33.9. The molecule has 2 heterocycles. The van der Waals surface area contributed by atoms with E-state index in [1.165, 1.54) is 16.8 Å². The van der Waals surface area contributed by atoms with Gasteiger partial charge in [0.1, 0.15) is 5.75 Å². The summed E-state index contributed by atoms with van der Waals surface area (Å²) in [6.07, 6.45) is 3.91. The van der Waals surface area contributed by atoms with Crippen LogP contribution < -0.4 is 0 Å². The largest absolute Gasteiger partial charge is 0.507 e. The Labute approximate surface area is 256 Å². The van der Waals surface area contributed by atoms with Crippen LogP contribution in [0, 0.1) is 6.07 Å². The summed E-state index contributed by atoms with van der Waals surface area (Å²) >= 11 is 0. The van der Waals surface area contributed by atoms with Crippen molar-refractivity contribution in [1.29, 1.82) is 0 Å². The first kappa shape index (κ1) is 28.5. The summed E-state index contributed by atoms with van der Waals surface area (Å²) in [6.45, 7) is 8.94. The minimum Gasteiger partial charge on any atom is -0.507 e. The van der Waals surface area contributed by atoms with Gasteiger partial charge in [-0.3, -0.25) is 9.97 Å². The van der Waals surface area contributed by atoms with E-state index in [-0.39, 0.29) is 26.8 Å². The Morgan fingerprint density at radius 3 is 2.12 bits per heavy atom. The van der Waals surface area contributed by atoms with Crippen LogP contribution in [0.5, 0.6) is 5.75 Å². The van der Waals surface area contributed by atoms with Crippen LogP contribution in [-0.4, -0.2) is 19.6 Å². The number of aromatic nitrogens is 3. The molecule has 6 aromatic rings. The number of hydrogen-bond donors (Lipinski definition) is 1. The van der Waals surface area contributed by atoms with Crippen molar-refractivity contribution < 1.29 is 26.2 Å². The number of rotatable bonds is 6. The molecule has 1 N–H and O–H groups in total. The molecule has 0 saturated heterocycles. The number of phenols is 1. The molecule has 0 radical (unpaired) electrons. The predicted octanol–water partition coefficient (Wildman–Crippen LogP) is 9.17. The Morgan fingerprint density at radius 2 is 1.37 bits per heavy atom. The Balaban J connectivity index is 0.00000337. The molecule has 0 spiro atoms. The second kappa shape index (κ2) is 11.8. The van der Waals surface area contributed by atoms with Crippen molar-refractivity contribution in [2.75, 3.05) is 0 Å². The molecule has 2 aromatic heterocycles. The fraction of sp³-hybridized carbons (Fsp3) is 0.167. The topological polar surface area (TPSA) is 50.9 Å². The summed E-state index contributed by atoms with van der Waals surface area (Å²) in [5.41, 5.74) is 7.78. The van der Waals surface area contributed by atoms with Gasteiger partial charge in [-0.2, -0.15) is 0 Å². The van der Waals surface area contributed by atoms with E-state index in [4.69, 9.17) is 9.97 Å². The van der Waals surface area contributed by atoms with Gasteiger partial charge < -0.3 is 9.67 Å². The van der Waals surface area contributed by atoms with Gasteiger partial charge in [0.2, 0.25) is 0 Å². The van der Waals surface area contributed by atoms with E-state index < -0.39 is 0 Å². The van der Waals surface area contributed by atoms with E-state index in [0.717, 1.165) is 33.4 Å². The van der Waals surface area contributed by atoms with Gasteiger partial charge in [0.15, 0.2) is 0 Å². The molecule has 0 bridgehead atoms. The zero-order valence-corrected chi connectivity index (χ0v) is 25.8. The maximum atomic E-state index is 11.0. The van der Waals surface area contributed by atoms with Crippen molar-refractivity contribution in [2.24, 2.45) is 0 Å². The first-order valence-corrected chi connectivity index (χ1v) is 13.8. The number of benzene rings is 4. The third kappa shape index (κ3) is 5.37. The van der Waals surface area contributed by atoms with Gasteiger partial charge in [0.25, 0.3) is 0 Å². The van der Waals surface area contributed by atoms with Crippen molar-refractivity contribution >= 4 is 10.8 Å². The molecule has 4 nitrogen and oxygen atoms in total. The molecule has 208 valence electrons. The normalized spacial score (nSPS) is 11.3. The van der Waals surface area contributed by atoms with E-state index in [2.05, 4.69) is 56.5 Å². The van der Waals surface area contributed by atoms with Crippen molar-refractivity contribution in [2.45, 2.75) is 39.5 Å². The van der Waals surface area contributed by atoms with Gasteiger partial charge in [-0.15, -0.1) is 24.3 Å². The summed E-state index contributed by atoms with van der Waals surface area (Å²) in [5, 5.41) is 12.8. The molecule has 0 unspecified atom stereocenters. The molecule has 0 amide bonds. The maximum absolute atomic E-state index is 11.0. The number of aromatic hydroxyl groups is 1. The number of fused-ring (bicyclic) bond motifs is 1. The number of para-hydroxylation sites is 1. The van der Waals surface area contributed by atoms with Crippen molar-refractivity contribution in [3.8, 4) is 45.3 Å². The van der Waals surface area contributed by atoms with E-state index >= 15 is 0 Å². The smallest absolute Gasteiger partial charge is 0.132 e. The molecule has 0 atom stereocenters. The minimum absolute atomic E-state index is 0. The summed E-state index contributed by atoms with van der Waals surface area (Å²) in [5.74, 6) is 1.84. The van der Waals surface area contributed by atoms with Crippen LogP contribution in [0.15, 0.2) is 103 Å². The Hall–Kier alpha value is -4.01. The van der Waals surface area contributed by atoms with Gasteiger partial charge in [0.05, 0.1) is 11.5 Å². The van der Waals surface area contributed by atoms with E-state index in [1.807, 2.05) is 85.2 Å². The van der Waals surface area contributed by atoms with Crippen LogP contribution in [0.4, 0.5) is 0 Å². The molecule has 0 saturated carbocycles. The first-order chi connectivity index (χ1) is 19.4. The number of phenolic OH excluding ortho intramolecular Hbond substituents is 1. The van der Waals surface area contributed by atoms with Gasteiger partial charge in [-0.25, -0.2) is 0 Å². The average molecular weight is 718 g/mol. The number of pyridine rings is 1. The van der Waals surface area contributed by atoms with Crippen molar-refractivity contribution in [3.63, 3.8) is 0 Å². The Bertz CT molecular complexity index is 1810. The molecule has 41 heavy (non-hydrogen) atoms. The molecule has 5 heteroatoms. The van der Waals surface area contributed by atoms with Gasteiger partial charge in [-0.05, 0) is 40.5 Å². The van der Waals surface area contributed by atoms with Gasteiger partial charge >= 0.3 is 0 Å². The van der Waals surface area contributed by atoms with Gasteiger partial charge in [-0.1, -0.05) is 99.5 Å². The Kier molecular flexibility index (Phi) is 8.24. The minimum atomic E-state index is 0. The quantitative estimate of drug-likeness (QED) is 0.175. The molecule has 6 rings (SSSR count). The maximum Gasteiger partial charge on any atom is 0.132 e. The van der Waals surface area contributed by atoms with Crippen LogP contribution >= 0.6 is 0 Å². The monoisotopic (exact) mass is 717 g/mol. The Morgan fingerprint density at radius 1 is 0.707 bits per heavy atom. The van der Waals surface area contributed by atoms with E-state index in [1.54, 1.807) is 0 Å².